The monoisotopic (exact) mass is 327 g/mol. The number of nitrogens with one attached hydrogen (secondary N) is 1. The van der Waals surface area contributed by atoms with Crippen LogP contribution in [0, 0.1) is 11.7 Å². The minimum Gasteiger partial charge on any atom is -0.492 e. The maximum absolute atomic E-state index is 13.6. The van der Waals surface area contributed by atoms with Gasteiger partial charge in [-0.1, -0.05) is 0 Å². The summed E-state index contributed by atoms with van der Waals surface area (Å²) < 4.78 is 20.2. The Kier molecular flexibility index (Phi) is 4.08. The van der Waals surface area contributed by atoms with Crippen LogP contribution in [0.5, 0.6) is 5.75 Å². The largest absolute Gasteiger partial charge is 0.492 e. The van der Waals surface area contributed by atoms with Gasteiger partial charge in [-0.25, -0.2) is 4.39 Å². The summed E-state index contributed by atoms with van der Waals surface area (Å²) in [5.74, 6) is 1.34. The highest BCUT2D eigenvalue weighted by molar-refractivity contribution is 9.10. The molecule has 1 unspecified atom stereocenters. The molecule has 2 nitrogen and oxygen atoms in total. The molecule has 1 heterocycles. The first kappa shape index (κ1) is 13.4. The molecule has 19 heavy (non-hydrogen) atoms. The Balaban J connectivity index is 1.77. The van der Waals surface area contributed by atoms with Crippen LogP contribution in [-0.2, 0) is 6.42 Å². The molecule has 1 saturated carbocycles. The second-order valence-corrected chi connectivity index (χ2v) is 6.48. The van der Waals surface area contributed by atoms with Gasteiger partial charge in [-0.15, -0.1) is 0 Å². The molecule has 0 bridgehead atoms. The highest BCUT2D eigenvalue weighted by Gasteiger charge is 2.24. The quantitative estimate of drug-likeness (QED) is 0.890. The zero-order chi connectivity index (χ0) is 13.2. The van der Waals surface area contributed by atoms with E-state index in [0.29, 0.717) is 12.0 Å². The molecule has 104 valence electrons. The van der Waals surface area contributed by atoms with Crippen molar-refractivity contribution in [1.82, 2.24) is 5.32 Å². The van der Waals surface area contributed by atoms with Crippen molar-refractivity contribution in [2.24, 2.45) is 5.92 Å². The fourth-order valence-electron chi connectivity index (χ4n) is 2.61. The van der Waals surface area contributed by atoms with Crippen LogP contribution in [0.4, 0.5) is 4.39 Å². The third-order valence-electron chi connectivity index (χ3n) is 3.87. The second kappa shape index (κ2) is 5.80. The van der Waals surface area contributed by atoms with Gasteiger partial charge in [-0.05, 0) is 78.2 Å². The second-order valence-electron chi connectivity index (χ2n) is 5.63. The SMILES string of the molecule is Fc1cc(Br)c(OCC2CC2)c(CC2CCCN2)c1. The zero-order valence-electron chi connectivity index (χ0n) is 10.9. The van der Waals surface area contributed by atoms with Gasteiger partial charge in [0.25, 0.3) is 0 Å². The van der Waals surface area contributed by atoms with Crippen molar-refractivity contribution in [2.45, 2.75) is 38.1 Å². The molecule has 1 aliphatic heterocycles. The summed E-state index contributed by atoms with van der Waals surface area (Å²) in [7, 11) is 0. The van der Waals surface area contributed by atoms with Gasteiger partial charge >= 0.3 is 0 Å². The highest BCUT2D eigenvalue weighted by Crippen LogP contribution is 2.35. The molecular formula is C15H19BrFNO. The number of hydrogen-bond acceptors (Lipinski definition) is 2. The van der Waals surface area contributed by atoms with E-state index in [9.17, 15) is 4.39 Å². The Bertz CT molecular complexity index is 456. The number of benzene rings is 1. The smallest absolute Gasteiger partial charge is 0.136 e. The molecule has 0 aromatic heterocycles. The standard InChI is InChI=1S/C15H19BrFNO/c16-14-8-12(17)6-11(7-13-2-1-5-18-13)15(14)19-9-10-3-4-10/h6,8,10,13,18H,1-5,7,9H2. The fourth-order valence-corrected chi connectivity index (χ4v) is 3.20. The molecule has 1 saturated heterocycles. The van der Waals surface area contributed by atoms with Crippen LogP contribution >= 0.6 is 15.9 Å². The van der Waals surface area contributed by atoms with Gasteiger partial charge in [0, 0.05) is 6.04 Å². The van der Waals surface area contributed by atoms with E-state index < -0.39 is 0 Å². The van der Waals surface area contributed by atoms with Crippen molar-refractivity contribution < 1.29 is 9.13 Å². The molecule has 2 aliphatic rings. The summed E-state index contributed by atoms with van der Waals surface area (Å²) in [6.07, 6.45) is 5.74. The topological polar surface area (TPSA) is 21.3 Å². The van der Waals surface area contributed by atoms with Crippen molar-refractivity contribution in [3.63, 3.8) is 0 Å². The predicted molar refractivity (Wildman–Crippen MR) is 77.0 cm³/mol. The summed E-state index contributed by atoms with van der Waals surface area (Å²) in [5.41, 5.74) is 0.979. The summed E-state index contributed by atoms with van der Waals surface area (Å²) in [6, 6.07) is 3.57. The molecule has 1 aromatic carbocycles. The fraction of sp³-hybridized carbons (Fsp3) is 0.600. The van der Waals surface area contributed by atoms with Gasteiger partial charge < -0.3 is 10.1 Å². The molecule has 1 atom stereocenters. The van der Waals surface area contributed by atoms with Gasteiger partial charge in [0.2, 0.25) is 0 Å². The number of hydrogen-bond donors (Lipinski definition) is 1. The molecule has 0 amide bonds. The maximum Gasteiger partial charge on any atom is 0.136 e. The molecule has 1 aromatic rings. The van der Waals surface area contributed by atoms with E-state index in [4.69, 9.17) is 4.74 Å². The number of halogens is 2. The summed E-state index contributed by atoms with van der Waals surface area (Å²) in [5, 5.41) is 3.46. The number of ether oxygens (including phenoxy) is 1. The summed E-state index contributed by atoms with van der Waals surface area (Å²) in [4.78, 5) is 0. The van der Waals surface area contributed by atoms with E-state index in [0.717, 1.165) is 41.8 Å². The molecule has 4 heteroatoms. The van der Waals surface area contributed by atoms with Crippen LogP contribution in [0.15, 0.2) is 16.6 Å². The lowest BCUT2D eigenvalue weighted by Crippen LogP contribution is -2.24. The van der Waals surface area contributed by atoms with Crippen LogP contribution in [-0.4, -0.2) is 19.2 Å². The van der Waals surface area contributed by atoms with Crippen LogP contribution in [0.1, 0.15) is 31.2 Å². The molecular weight excluding hydrogens is 309 g/mol. The first-order chi connectivity index (χ1) is 9.22. The average Bonchev–Trinajstić information content (AvgIpc) is 3.04. The van der Waals surface area contributed by atoms with Crippen LogP contribution in [0.25, 0.3) is 0 Å². The van der Waals surface area contributed by atoms with Crippen LogP contribution < -0.4 is 10.1 Å². The molecule has 2 fully saturated rings. The Morgan fingerprint density at radius 2 is 2.16 bits per heavy atom. The summed E-state index contributed by atoms with van der Waals surface area (Å²) in [6.45, 7) is 1.83. The van der Waals surface area contributed by atoms with Crippen molar-refractivity contribution >= 4 is 15.9 Å². The normalized spacial score (nSPS) is 22.7. The Morgan fingerprint density at radius 3 is 2.84 bits per heavy atom. The van der Waals surface area contributed by atoms with Gasteiger partial charge in [-0.2, -0.15) is 0 Å². The lowest BCUT2D eigenvalue weighted by atomic mass is 10.0. The van der Waals surface area contributed by atoms with Crippen molar-refractivity contribution in [1.29, 1.82) is 0 Å². The van der Waals surface area contributed by atoms with Crippen LogP contribution in [0.3, 0.4) is 0 Å². The van der Waals surface area contributed by atoms with Gasteiger partial charge in [0.1, 0.15) is 11.6 Å². The van der Waals surface area contributed by atoms with E-state index in [1.807, 2.05) is 0 Å². The molecule has 0 spiro atoms. The van der Waals surface area contributed by atoms with E-state index in [1.54, 1.807) is 6.07 Å². The van der Waals surface area contributed by atoms with Crippen molar-refractivity contribution in [3.05, 3.63) is 28.0 Å². The minimum atomic E-state index is -0.196. The lowest BCUT2D eigenvalue weighted by molar-refractivity contribution is 0.293. The van der Waals surface area contributed by atoms with E-state index in [2.05, 4.69) is 21.2 Å². The van der Waals surface area contributed by atoms with Crippen molar-refractivity contribution in [3.8, 4) is 5.75 Å². The zero-order valence-corrected chi connectivity index (χ0v) is 12.5. The molecule has 3 rings (SSSR count). The first-order valence-corrected chi connectivity index (χ1v) is 7.86. The van der Waals surface area contributed by atoms with Crippen molar-refractivity contribution in [2.75, 3.05) is 13.2 Å². The maximum atomic E-state index is 13.6. The van der Waals surface area contributed by atoms with E-state index in [1.165, 1.54) is 25.3 Å². The first-order valence-electron chi connectivity index (χ1n) is 7.06. The molecule has 1 N–H and O–H groups in total. The Labute approximate surface area is 121 Å². The highest BCUT2D eigenvalue weighted by atomic mass is 79.9. The van der Waals surface area contributed by atoms with E-state index >= 15 is 0 Å². The number of rotatable bonds is 5. The summed E-state index contributed by atoms with van der Waals surface area (Å²) >= 11 is 3.43. The van der Waals surface area contributed by atoms with Gasteiger partial charge in [0.05, 0.1) is 11.1 Å². The minimum absolute atomic E-state index is 0.196. The molecule has 0 radical (unpaired) electrons. The predicted octanol–water partition coefficient (Wildman–Crippen LogP) is 3.67. The van der Waals surface area contributed by atoms with E-state index in [-0.39, 0.29) is 5.82 Å². The average molecular weight is 328 g/mol. The Morgan fingerprint density at radius 1 is 1.32 bits per heavy atom. The third kappa shape index (κ3) is 3.48. The van der Waals surface area contributed by atoms with Gasteiger partial charge in [0.15, 0.2) is 0 Å². The Hall–Kier alpha value is -0.610. The molecule has 1 aliphatic carbocycles. The van der Waals surface area contributed by atoms with Crippen LogP contribution in [0.2, 0.25) is 0 Å². The van der Waals surface area contributed by atoms with Gasteiger partial charge in [-0.3, -0.25) is 0 Å². The lowest BCUT2D eigenvalue weighted by Gasteiger charge is -2.16. The third-order valence-corrected chi connectivity index (χ3v) is 4.46.